The highest BCUT2D eigenvalue weighted by Gasteiger charge is 2.61. The number of anilines is 1. The Morgan fingerprint density at radius 2 is 1.24 bits per heavy atom. The number of esters is 1. The third-order valence-corrected chi connectivity index (χ3v) is 8.52. The molecular formula is C33H22N2O7. The molecule has 1 saturated heterocycles. The van der Waals surface area contributed by atoms with E-state index in [-0.39, 0.29) is 46.2 Å². The summed E-state index contributed by atoms with van der Waals surface area (Å²) >= 11 is 0. The highest BCUT2D eigenvalue weighted by atomic mass is 16.6. The number of benzene rings is 4. The lowest BCUT2D eigenvalue weighted by atomic mass is 9.55. The van der Waals surface area contributed by atoms with Crippen molar-refractivity contribution < 1.29 is 28.8 Å². The van der Waals surface area contributed by atoms with Crippen molar-refractivity contribution in [2.45, 2.75) is 11.8 Å². The Kier molecular flexibility index (Phi) is 5.83. The van der Waals surface area contributed by atoms with Crippen molar-refractivity contribution in [3.63, 3.8) is 0 Å². The molecule has 0 spiro atoms. The molecule has 0 N–H and O–H groups in total. The molecular weight excluding hydrogens is 536 g/mol. The molecule has 1 heterocycles. The Bertz CT molecular complexity index is 1710. The second kappa shape index (κ2) is 9.59. The summed E-state index contributed by atoms with van der Waals surface area (Å²) in [5.74, 6) is -3.53. The van der Waals surface area contributed by atoms with Gasteiger partial charge in [0.1, 0.15) is 0 Å². The minimum Gasteiger partial charge on any atom is -0.454 e. The van der Waals surface area contributed by atoms with E-state index < -0.39 is 35.1 Å². The molecule has 206 valence electrons. The summed E-state index contributed by atoms with van der Waals surface area (Å²) in [6, 6.07) is 27.0. The zero-order valence-corrected chi connectivity index (χ0v) is 22.0. The first-order valence-electron chi connectivity index (χ1n) is 13.5. The molecule has 8 rings (SSSR count). The first-order chi connectivity index (χ1) is 20.3. The minimum absolute atomic E-state index is 0.0778. The van der Waals surface area contributed by atoms with Crippen LogP contribution in [-0.2, 0) is 14.3 Å². The topological polar surface area (TPSA) is 124 Å². The molecule has 0 aromatic heterocycles. The summed E-state index contributed by atoms with van der Waals surface area (Å²) in [5, 5.41) is 10.8. The van der Waals surface area contributed by atoms with Crippen LogP contribution >= 0.6 is 0 Å². The number of nitro benzene ring substituents is 1. The van der Waals surface area contributed by atoms with Crippen LogP contribution in [0.5, 0.6) is 0 Å². The fourth-order valence-corrected chi connectivity index (χ4v) is 6.77. The highest BCUT2D eigenvalue weighted by Crippen LogP contribution is 2.61. The molecule has 1 aliphatic heterocycles. The highest BCUT2D eigenvalue weighted by molar-refractivity contribution is 6.23. The second-order valence-electron chi connectivity index (χ2n) is 10.6. The van der Waals surface area contributed by atoms with Crippen molar-refractivity contribution in [1.82, 2.24) is 0 Å². The van der Waals surface area contributed by atoms with Crippen LogP contribution in [-0.4, -0.2) is 35.1 Å². The molecule has 2 bridgehead atoms. The number of rotatable bonds is 6. The number of hydrogen-bond donors (Lipinski definition) is 0. The predicted octanol–water partition coefficient (Wildman–Crippen LogP) is 5.03. The predicted molar refractivity (Wildman–Crippen MR) is 150 cm³/mol. The van der Waals surface area contributed by atoms with Crippen molar-refractivity contribution in [3.8, 4) is 0 Å². The van der Waals surface area contributed by atoms with E-state index in [0.717, 1.165) is 22.3 Å². The second-order valence-corrected chi connectivity index (χ2v) is 10.6. The molecule has 4 aromatic rings. The van der Waals surface area contributed by atoms with Gasteiger partial charge in [-0.3, -0.25) is 24.5 Å². The van der Waals surface area contributed by atoms with Gasteiger partial charge in [0.2, 0.25) is 11.8 Å². The van der Waals surface area contributed by atoms with Crippen molar-refractivity contribution in [3.05, 3.63) is 141 Å². The zero-order valence-electron chi connectivity index (χ0n) is 22.0. The van der Waals surface area contributed by atoms with Crippen molar-refractivity contribution in [2.75, 3.05) is 11.5 Å². The van der Waals surface area contributed by atoms with Crippen molar-refractivity contribution >= 4 is 34.9 Å². The standard InChI is InChI=1S/C33H22N2O7/c36-26(18-12-14-20(15-13-18)35(40)41)17-42-33(39)19-6-5-7-21(16-19)34-31(37)29-27-22-8-1-2-9-23(22)28(30(29)32(34)38)25-11-4-3-10-24(25)27/h1-16,27-30H,17H2/t27?,28?,29-,30-/m0/s1. The van der Waals surface area contributed by atoms with Gasteiger partial charge in [-0.05, 0) is 52.6 Å². The molecule has 0 saturated carbocycles. The Labute approximate surface area is 239 Å². The van der Waals surface area contributed by atoms with Crippen LogP contribution in [0.15, 0.2) is 97.1 Å². The van der Waals surface area contributed by atoms with E-state index >= 15 is 0 Å². The number of hydrogen-bond acceptors (Lipinski definition) is 7. The lowest BCUT2D eigenvalue weighted by molar-refractivity contribution is -0.384. The van der Waals surface area contributed by atoms with Crippen LogP contribution in [0.1, 0.15) is 54.8 Å². The molecule has 42 heavy (non-hydrogen) atoms. The van der Waals surface area contributed by atoms with E-state index in [1.807, 2.05) is 48.5 Å². The van der Waals surface area contributed by atoms with Crippen LogP contribution < -0.4 is 4.90 Å². The monoisotopic (exact) mass is 558 g/mol. The number of imide groups is 1. The summed E-state index contributed by atoms with van der Waals surface area (Å²) in [4.78, 5) is 64.8. The van der Waals surface area contributed by atoms with Gasteiger partial charge < -0.3 is 4.74 Å². The van der Waals surface area contributed by atoms with Crippen LogP contribution in [0, 0.1) is 22.0 Å². The van der Waals surface area contributed by atoms with Crippen molar-refractivity contribution in [2.24, 2.45) is 11.8 Å². The number of ketones is 1. The minimum atomic E-state index is -0.802. The summed E-state index contributed by atoms with van der Waals surface area (Å²) in [7, 11) is 0. The number of ether oxygens (including phenoxy) is 1. The van der Waals surface area contributed by atoms with Gasteiger partial charge in [0.15, 0.2) is 12.4 Å². The maximum absolute atomic E-state index is 14.0. The number of nitrogens with zero attached hydrogens (tertiary/aromatic N) is 2. The maximum Gasteiger partial charge on any atom is 0.338 e. The lowest BCUT2D eigenvalue weighted by Crippen LogP contribution is -2.41. The smallest absolute Gasteiger partial charge is 0.338 e. The molecule has 9 nitrogen and oxygen atoms in total. The summed E-state index contributed by atoms with van der Waals surface area (Å²) in [5.41, 5.74) is 4.63. The quantitative estimate of drug-likeness (QED) is 0.107. The van der Waals surface area contributed by atoms with Gasteiger partial charge in [-0.15, -0.1) is 0 Å². The maximum atomic E-state index is 14.0. The SMILES string of the molecule is O=C(COC(=O)c1cccc(N2C(=O)[C@H]3C4c5ccccc5C(c5ccccc54)[C@@H]3C2=O)c1)c1ccc([N+](=O)[O-])cc1. The molecule has 4 aromatic carbocycles. The van der Waals surface area contributed by atoms with E-state index in [9.17, 15) is 29.3 Å². The summed E-state index contributed by atoms with van der Waals surface area (Å²) in [6.07, 6.45) is 0. The van der Waals surface area contributed by atoms with Gasteiger partial charge in [-0.2, -0.15) is 0 Å². The van der Waals surface area contributed by atoms with E-state index in [1.165, 1.54) is 41.3 Å². The Hall–Kier alpha value is -5.44. The first kappa shape index (κ1) is 25.5. The van der Waals surface area contributed by atoms with E-state index in [4.69, 9.17) is 4.74 Å². The van der Waals surface area contributed by atoms with Gasteiger partial charge >= 0.3 is 5.97 Å². The Morgan fingerprint density at radius 1 is 0.714 bits per heavy atom. The van der Waals surface area contributed by atoms with Gasteiger partial charge in [0, 0.05) is 29.5 Å². The third-order valence-electron chi connectivity index (χ3n) is 8.52. The number of non-ortho nitro benzene ring substituents is 1. The molecule has 2 atom stereocenters. The molecule has 0 radical (unpaired) electrons. The molecule has 3 aliphatic carbocycles. The fourth-order valence-electron chi connectivity index (χ4n) is 6.77. The number of carbonyl (C=O) groups excluding carboxylic acids is 4. The largest absolute Gasteiger partial charge is 0.454 e. The molecule has 0 unspecified atom stereocenters. The van der Waals surface area contributed by atoms with Gasteiger partial charge in [0.05, 0.1) is 28.0 Å². The van der Waals surface area contributed by atoms with Gasteiger partial charge in [0.25, 0.3) is 5.69 Å². The number of amides is 2. The van der Waals surface area contributed by atoms with Crippen LogP contribution in [0.2, 0.25) is 0 Å². The van der Waals surface area contributed by atoms with Crippen LogP contribution in [0.25, 0.3) is 0 Å². The van der Waals surface area contributed by atoms with Gasteiger partial charge in [-0.25, -0.2) is 9.69 Å². The first-order valence-corrected chi connectivity index (χ1v) is 13.5. The van der Waals surface area contributed by atoms with Crippen LogP contribution in [0.3, 0.4) is 0 Å². The molecule has 4 aliphatic rings. The van der Waals surface area contributed by atoms with Gasteiger partial charge in [-0.1, -0.05) is 54.6 Å². The van der Waals surface area contributed by atoms with E-state index in [0.29, 0.717) is 0 Å². The third kappa shape index (κ3) is 3.77. The molecule has 1 fully saturated rings. The number of Topliss-reactive ketones (excluding diaryl/α,β-unsaturated/α-hetero) is 1. The summed E-state index contributed by atoms with van der Waals surface area (Å²) in [6.45, 7) is -0.577. The molecule has 2 amide bonds. The normalized spacial score (nSPS) is 21.4. The average Bonchev–Trinajstić information content (AvgIpc) is 3.29. The number of carbonyl (C=O) groups is 4. The lowest BCUT2D eigenvalue weighted by Gasteiger charge is -2.45. The average molecular weight is 559 g/mol. The van der Waals surface area contributed by atoms with Crippen molar-refractivity contribution in [1.29, 1.82) is 0 Å². The van der Waals surface area contributed by atoms with E-state index in [2.05, 4.69) is 0 Å². The summed E-state index contributed by atoms with van der Waals surface area (Å²) < 4.78 is 5.21. The fraction of sp³-hybridized carbons (Fsp3) is 0.152. The number of nitro groups is 1. The zero-order chi connectivity index (χ0) is 29.1. The van der Waals surface area contributed by atoms with Crippen LogP contribution in [0.4, 0.5) is 11.4 Å². The molecule has 9 heteroatoms. The Morgan fingerprint density at radius 3 is 1.74 bits per heavy atom. The van der Waals surface area contributed by atoms with E-state index in [1.54, 1.807) is 12.1 Å². The Balaban J connectivity index is 1.14.